The zero-order chi connectivity index (χ0) is 18.4. The number of carbonyl (C=O) groups is 1. The van der Waals surface area contributed by atoms with Crippen molar-refractivity contribution in [1.82, 2.24) is 14.9 Å². The number of hydrogen-bond donors (Lipinski definition) is 1. The van der Waals surface area contributed by atoms with Crippen LogP contribution in [0.2, 0.25) is 0 Å². The van der Waals surface area contributed by atoms with Gasteiger partial charge in [-0.2, -0.15) is 27.0 Å². The molecule has 4 nitrogen and oxygen atoms in total. The molecule has 1 aromatic heterocycles. The Bertz CT molecular complexity index is 982. The van der Waals surface area contributed by atoms with Gasteiger partial charge >= 0.3 is 0 Å². The summed E-state index contributed by atoms with van der Waals surface area (Å²) in [6, 6.07) is 10.8. The van der Waals surface area contributed by atoms with Crippen LogP contribution < -0.4 is 0 Å². The summed E-state index contributed by atoms with van der Waals surface area (Å²) in [5.74, 6) is 1.58. The summed E-state index contributed by atoms with van der Waals surface area (Å²) < 4.78 is 0. The van der Waals surface area contributed by atoms with Crippen molar-refractivity contribution in [3.63, 3.8) is 0 Å². The molecule has 1 saturated heterocycles. The highest BCUT2D eigenvalue weighted by molar-refractivity contribution is 7.59. The molecule has 152 valence electrons. The van der Waals surface area contributed by atoms with Gasteiger partial charge in [0.05, 0.1) is 17.1 Å². The molecular formula is C22H31N3OS2. The molecule has 4 rings (SSSR count). The van der Waals surface area contributed by atoms with Crippen molar-refractivity contribution in [1.29, 1.82) is 0 Å². The molecule has 0 bridgehead atoms. The molecule has 0 saturated carbocycles. The normalized spacial score (nSPS) is 17.6. The summed E-state index contributed by atoms with van der Waals surface area (Å²) in [6.07, 6.45) is 2.02. The van der Waals surface area contributed by atoms with Crippen LogP contribution in [0.4, 0.5) is 0 Å². The zero-order valence-electron chi connectivity index (χ0n) is 17.0. The van der Waals surface area contributed by atoms with E-state index in [-0.39, 0.29) is 44.9 Å². The Balaban J connectivity index is 0.00000140. The highest BCUT2D eigenvalue weighted by atomic mass is 32.1. The Hall–Kier alpha value is -1.66. The molecule has 2 heterocycles. The molecule has 2 aromatic carbocycles. The van der Waals surface area contributed by atoms with Gasteiger partial charge in [0.25, 0.3) is 0 Å². The third kappa shape index (κ3) is 3.90. The number of fused-ring (bicyclic) bond motifs is 3. The van der Waals surface area contributed by atoms with Crippen molar-refractivity contribution < 1.29 is 4.79 Å². The summed E-state index contributed by atoms with van der Waals surface area (Å²) in [4.78, 5) is 23.4. The lowest BCUT2D eigenvalue weighted by molar-refractivity contribution is -0.137. The largest absolute Gasteiger partial charge is 0.340 e. The Morgan fingerprint density at radius 3 is 2.64 bits per heavy atom. The number of imidazole rings is 1. The fraction of sp³-hybridized carbons (Fsp3) is 0.455. The molecule has 1 N–H and O–H groups in total. The first-order valence-electron chi connectivity index (χ1n) is 9.65. The molecular weight excluding hydrogens is 386 g/mol. The summed E-state index contributed by atoms with van der Waals surface area (Å²) in [7, 11) is 0. The van der Waals surface area contributed by atoms with Gasteiger partial charge < -0.3 is 9.88 Å². The summed E-state index contributed by atoms with van der Waals surface area (Å²) >= 11 is 0. The first-order valence-corrected chi connectivity index (χ1v) is 9.65. The van der Waals surface area contributed by atoms with E-state index in [2.05, 4.69) is 56.1 Å². The Morgan fingerprint density at radius 1 is 1.18 bits per heavy atom. The lowest BCUT2D eigenvalue weighted by Gasteiger charge is -2.27. The fourth-order valence-corrected chi connectivity index (χ4v) is 3.96. The third-order valence-electron chi connectivity index (χ3n) is 5.88. The lowest BCUT2D eigenvalue weighted by Crippen LogP contribution is -2.36. The molecule has 6 heteroatoms. The van der Waals surface area contributed by atoms with E-state index in [9.17, 15) is 4.79 Å². The Labute approximate surface area is 181 Å². The van der Waals surface area contributed by atoms with E-state index in [0.29, 0.717) is 5.92 Å². The van der Waals surface area contributed by atoms with Gasteiger partial charge in [0, 0.05) is 17.8 Å². The molecule has 3 aromatic rings. The molecule has 28 heavy (non-hydrogen) atoms. The van der Waals surface area contributed by atoms with E-state index in [1.807, 2.05) is 11.8 Å². The molecule has 2 atom stereocenters. The average molecular weight is 418 g/mol. The number of benzene rings is 2. The highest BCUT2D eigenvalue weighted by Gasteiger charge is 2.35. The molecule has 0 aliphatic carbocycles. The van der Waals surface area contributed by atoms with E-state index in [4.69, 9.17) is 4.98 Å². The number of aromatic amines is 1. The monoisotopic (exact) mass is 417 g/mol. The van der Waals surface area contributed by atoms with Crippen molar-refractivity contribution in [3.05, 3.63) is 41.7 Å². The first kappa shape index (κ1) is 22.6. The number of likely N-dealkylation sites (tertiary alicyclic amines) is 1. The van der Waals surface area contributed by atoms with Crippen molar-refractivity contribution in [3.8, 4) is 0 Å². The van der Waals surface area contributed by atoms with Gasteiger partial charge in [0.15, 0.2) is 0 Å². The number of rotatable bonds is 3. The summed E-state index contributed by atoms with van der Waals surface area (Å²) in [6.45, 7) is 9.21. The van der Waals surface area contributed by atoms with Crippen molar-refractivity contribution in [2.45, 2.75) is 46.6 Å². The van der Waals surface area contributed by atoms with Crippen LogP contribution in [0, 0.1) is 18.8 Å². The summed E-state index contributed by atoms with van der Waals surface area (Å²) in [5, 5.41) is 2.38. The second-order valence-electron chi connectivity index (χ2n) is 8.03. The number of aryl methyl sites for hydroxylation is 1. The van der Waals surface area contributed by atoms with Crippen LogP contribution >= 0.6 is 27.0 Å². The second kappa shape index (κ2) is 8.78. The lowest BCUT2D eigenvalue weighted by atomic mass is 9.96. The SMILES string of the molecule is Cc1ccc2c(ccc3[nH]c([C@@H]4CCCN4C(=O)[C@@H](C)C(C)C)nc32)c1.S.S. The number of amides is 1. The number of carbonyl (C=O) groups excluding carboxylic acids is 1. The average Bonchev–Trinajstić information content (AvgIpc) is 3.26. The highest BCUT2D eigenvalue weighted by Crippen LogP contribution is 2.34. The van der Waals surface area contributed by atoms with Gasteiger partial charge in [0.2, 0.25) is 5.91 Å². The minimum absolute atomic E-state index is 0. The van der Waals surface area contributed by atoms with E-state index in [0.717, 1.165) is 36.2 Å². The maximum Gasteiger partial charge on any atom is 0.226 e. The quantitative estimate of drug-likeness (QED) is 0.636. The van der Waals surface area contributed by atoms with E-state index < -0.39 is 0 Å². The minimum atomic E-state index is 0. The van der Waals surface area contributed by atoms with Gasteiger partial charge in [-0.3, -0.25) is 4.79 Å². The van der Waals surface area contributed by atoms with Gasteiger partial charge in [0.1, 0.15) is 5.82 Å². The summed E-state index contributed by atoms with van der Waals surface area (Å²) in [5.41, 5.74) is 3.31. The third-order valence-corrected chi connectivity index (χ3v) is 5.88. The number of aromatic nitrogens is 2. The molecule has 0 spiro atoms. The molecule has 0 radical (unpaired) electrons. The van der Waals surface area contributed by atoms with Crippen LogP contribution in [0.5, 0.6) is 0 Å². The number of hydrogen-bond acceptors (Lipinski definition) is 2. The van der Waals surface area contributed by atoms with Crippen LogP contribution in [0.15, 0.2) is 30.3 Å². The van der Waals surface area contributed by atoms with Crippen LogP contribution in [-0.2, 0) is 4.79 Å². The standard InChI is InChI=1S/C22H27N3O.2H2S/c1-13(2)15(4)22(26)25-11-5-6-19(25)21-23-18-10-8-16-12-14(3)7-9-17(16)20(18)24-21;;/h7-10,12-13,15,19H,5-6,11H2,1-4H3,(H,23,24);2*1H2/t15-,19-;;/m0../s1. The smallest absolute Gasteiger partial charge is 0.226 e. The van der Waals surface area contributed by atoms with Crippen molar-refractivity contribution in [2.24, 2.45) is 11.8 Å². The van der Waals surface area contributed by atoms with Gasteiger partial charge in [-0.1, -0.05) is 50.6 Å². The topological polar surface area (TPSA) is 49.0 Å². The Morgan fingerprint density at radius 2 is 1.93 bits per heavy atom. The van der Waals surface area contributed by atoms with Crippen molar-refractivity contribution >= 4 is 54.7 Å². The molecule has 0 unspecified atom stereocenters. The predicted octanol–water partition coefficient (Wildman–Crippen LogP) is 5.21. The molecule has 1 aliphatic heterocycles. The molecule has 1 aliphatic rings. The number of nitrogens with one attached hydrogen (secondary N) is 1. The minimum Gasteiger partial charge on any atom is -0.340 e. The Kier molecular flexibility index (Phi) is 7.10. The van der Waals surface area contributed by atoms with E-state index >= 15 is 0 Å². The molecule has 1 fully saturated rings. The van der Waals surface area contributed by atoms with Crippen LogP contribution in [-0.4, -0.2) is 27.3 Å². The van der Waals surface area contributed by atoms with Gasteiger partial charge in [-0.25, -0.2) is 4.98 Å². The van der Waals surface area contributed by atoms with E-state index in [1.54, 1.807) is 0 Å². The van der Waals surface area contributed by atoms with Crippen LogP contribution in [0.25, 0.3) is 21.8 Å². The van der Waals surface area contributed by atoms with Gasteiger partial charge in [-0.05, 0) is 37.1 Å². The maximum absolute atomic E-state index is 12.9. The molecule has 1 amide bonds. The first-order chi connectivity index (χ1) is 12.5. The number of nitrogens with zero attached hydrogens (tertiary/aromatic N) is 2. The second-order valence-corrected chi connectivity index (χ2v) is 8.03. The fourth-order valence-electron chi connectivity index (χ4n) is 3.96. The predicted molar refractivity (Wildman–Crippen MR) is 127 cm³/mol. The zero-order valence-corrected chi connectivity index (χ0v) is 19.0. The van der Waals surface area contributed by atoms with Crippen LogP contribution in [0.3, 0.4) is 0 Å². The van der Waals surface area contributed by atoms with Crippen molar-refractivity contribution in [2.75, 3.05) is 6.54 Å². The van der Waals surface area contributed by atoms with Gasteiger partial charge in [-0.15, -0.1) is 0 Å². The van der Waals surface area contributed by atoms with E-state index in [1.165, 1.54) is 16.3 Å². The number of H-pyrrole nitrogens is 1. The van der Waals surface area contributed by atoms with Crippen LogP contribution in [0.1, 0.15) is 51.0 Å². The maximum atomic E-state index is 12.9.